The third-order valence-corrected chi connectivity index (χ3v) is 6.85. The van der Waals surface area contributed by atoms with Crippen LogP contribution in [-0.2, 0) is 6.42 Å². The monoisotopic (exact) mass is 473 g/mol. The Kier molecular flexibility index (Phi) is 5.70. The first-order valence-electron chi connectivity index (χ1n) is 10.4. The molecule has 5 nitrogen and oxygen atoms in total. The van der Waals surface area contributed by atoms with Crippen molar-refractivity contribution in [3.05, 3.63) is 99.9 Å². The van der Waals surface area contributed by atoms with Gasteiger partial charge in [-0.3, -0.25) is 14.3 Å². The van der Waals surface area contributed by atoms with Crippen molar-refractivity contribution in [2.45, 2.75) is 13.3 Å². The van der Waals surface area contributed by atoms with Crippen LogP contribution in [0, 0.1) is 6.92 Å². The maximum atomic E-state index is 13.5. The van der Waals surface area contributed by atoms with Crippen LogP contribution < -0.4 is 4.74 Å². The van der Waals surface area contributed by atoms with E-state index in [4.69, 9.17) is 21.3 Å². The van der Waals surface area contributed by atoms with Crippen molar-refractivity contribution in [1.29, 1.82) is 0 Å². The molecular formula is C26H20ClN3O2S. The fourth-order valence-corrected chi connectivity index (χ4v) is 4.92. The van der Waals surface area contributed by atoms with Crippen LogP contribution in [0.15, 0.2) is 72.4 Å². The van der Waals surface area contributed by atoms with Crippen molar-refractivity contribution in [3.8, 4) is 16.3 Å². The quantitative estimate of drug-likeness (QED) is 0.296. The molecule has 3 heterocycles. The molecule has 0 saturated heterocycles. The molecule has 33 heavy (non-hydrogen) atoms. The third kappa shape index (κ3) is 4.03. The minimum Gasteiger partial charge on any atom is -0.497 e. The van der Waals surface area contributed by atoms with Crippen LogP contribution in [0.3, 0.4) is 0 Å². The predicted molar refractivity (Wildman–Crippen MR) is 133 cm³/mol. The average Bonchev–Trinajstić information content (AvgIpc) is 3.42. The molecule has 0 atom stereocenters. The highest BCUT2D eigenvalue weighted by Gasteiger charge is 2.21. The molecule has 164 valence electrons. The van der Waals surface area contributed by atoms with Crippen molar-refractivity contribution >= 4 is 39.7 Å². The standard InChI is InChI=1S/C26H20ClN3O2S/c1-16-22(12-20-15-33-25(29-20)18-4-3-11-28-14-18)23-13-21(32-2)9-10-24(23)30(16)26(31)17-5-7-19(27)8-6-17/h3-11,13-15H,12H2,1-2H3. The van der Waals surface area contributed by atoms with Gasteiger partial charge in [0.05, 0.1) is 18.3 Å². The fourth-order valence-electron chi connectivity index (χ4n) is 3.99. The normalized spacial score (nSPS) is 11.1. The van der Waals surface area contributed by atoms with Gasteiger partial charge in [-0.2, -0.15) is 0 Å². The Hall–Kier alpha value is -3.48. The first-order chi connectivity index (χ1) is 16.0. The number of fused-ring (bicyclic) bond motifs is 1. The molecule has 7 heteroatoms. The second-order valence-electron chi connectivity index (χ2n) is 7.66. The highest BCUT2D eigenvalue weighted by molar-refractivity contribution is 7.13. The van der Waals surface area contributed by atoms with E-state index in [1.165, 1.54) is 0 Å². The lowest BCUT2D eigenvalue weighted by Gasteiger charge is -2.08. The molecule has 0 N–H and O–H groups in total. The number of halogens is 1. The van der Waals surface area contributed by atoms with E-state index in [2.05, 4.69) is 10.4 Å². The Labute approximate surface area is 200 Å². The van der Waals surface area contributed by atoms with Crippen molar-refractivity contribution in [2.75, 3.05) is 7.11 Å². The zero-order valence-corrected chi connectivity index (χ0v) is 19.7. The van der Waals surface area contributed by atoms with E-state index < -0.39 is 0 Å². The molecule has 0 fully saturated rings. The number of thiazole rings is 1. The van der Waals surface area contributed by atoms with Crippen molar-refractivity contribution in [3.63, 3.8) is 0 Å². The summed E-state index contributed by atoms with van der Waals surface area (Å²) in [6.07, 6.45) is 4.17. The van der Waals surface area contributed by atoms with Gasteiger partial charge in [0, 0.05) is 51.4 Å². The van der Waals surface area contributed by atoms with E-state index in [1.54, 1.807) is 53.5 Å². The highest BCUT2D eigenvalue weighted by Crippen LogP contribution is 2.33. The van der Waals surface area contributed by atoms with Gasteiger partial charge in [0.25, 0.3) is 5.91 Å². The number of carbonyl (C=O) groups is 1. The van der Waals surface area contributed by atoms with Gasteiger partial charge in [-0.1, -0.05) is 11.6 Å². The Morgan fingerprint density at radius 2 is 1.97 bits per heavy atom. The van der Waals surface area contributed by atoms with Crippen LogP contribution in [0.4, 0.5) is 0 Å². The molecule has 0 aliphatic rings. The lowest BCUT2D eigenvalue weighted by molar-refractivity contribution is 0.0963. The summed E-state index contributed by atoms with van der Waals surface area (Å²) in [5.41, 5.74) is 5.29. The minimum atomic E-state index is -0.0973. The second-order valence-corrected chi connectivity index (χ2v) is 8.95. The van der Waals surface area contributed by atoms with Crippen LogP contribution in [0.5, 0.6) is 5.75 Å². The van der Waals surface area contributed by atoms with E-state index in [1.807, 2.05) is 43.5 Å². The van der Waals surface area contributed by atoms with Gasteiger partial charge in [0.15, 0.2) is 0 Å². The number of pyridine rings is 1. The Balaban J connectivity index is 1.60. The molecule has 5 rings (SSSR count). The molecule has 0 radical (unpaired) electrons. The summed E-state index contributed by atoms with van der Waals surface area (Å²) in [5, 5.41) is 4.56. The molecule has 0 aliphatic carbocycles. The highest BCUT2D eigenvalue weighted by atomic mass is 35.5. The summed E-state index contributed by atoms with van der Waals surface area (Å²) in [4.78, 5) is 22.5. The van der Waals surface area contributed by atoms with Gasteiger partial charge in [0.2, 0.25) is 0 Å². The molecule has 5 aromatic rings. The maximum absolute atomic E-state index is 13.5. The fraction of sp³-hybridized carbons (Fsp3) is 0.115. The van der Waals surface area contributed by atoms with Gasteiger partial charge in [-0.25, -0.2) is 4.98 Å². The molecule has 0 bridgehead atoms. The Morgan fingerprint density at radius 1 is 1.15 bits per heavy atom. The van der Waals surface area contributed by atoms with Crippen molar-refractivity contribution < 1.29 is 9.53 Å². The van der Waals surface area contributed by atoms with E-state index in [0.29, 0.717) is 17.0 Å². The van der Waals surface area contributed by atoms with Crippen LogP contribution in [0.2, 0.25) is 5.02 Å². The smallest absolute Gasteiger partial charge is 0.262 e. The predicted octanol–water partition coefficient (Wildman–Crippen LogP) is 6.41. The average molecular weight is 474 g/mol. The lowest BCUT2D eigenvalue weighted by atomic mass is 10.1. The first-order valence-corrected chi connectivity index (χ1v) is 11.6. The largest absolute Gasteiger partial charge is 0.497 e. The topological polar surface area (TPSA) is 57.0 Å². The van der Waals surface area contributed by atoms with Crippen molar-refractivity contribution in [2.24, 2.45) is 0 Å². The summed E-state index contributed by atoms with van der Waals surface area (Å²) in [5.74, 6) is 0.647. The number of benzene rings is 2. The van der Waals surface area contributed by atoms with E-state index in [0.717, 1.165) is 44.2 Å². The van der Waals surface area contributed by atoms with Crippen LogP contribution in [0.25, 0.3) is 21.5 Å². The molecule has 3 aromatic heterocycles. The zero-order valence-electron chi connectivity index (χ0n) is 18.1. The SMILES string of the molecule is COc1ccc2c(c1)c(Cc1csc(-c3cccnc3)n1)c(C)n2C(=O)c1ccc(Cl)cc1. The molecule has 0 saturated carbocycles. The minimum absolute atomic E-state index is 0.0973. The third-order valence-electron chi connectivity index (χ3n) is 5.65. The summed E-state index contributed by atoms with van der Waals surface area (Å²) in [6.45, 7) is 1.98. The number of hydrogen-bond donors (Lipinski definition) is 0. The number of rotatable bonds is 5. The number of aromatic nitrogens is 3. The van der Waals surface area contributed by atoms with E-state index in [-0.39, 0.29) is 5.91 Å². The molecule has 0 unspecified atom stereocenters. The second kappa shape index (κ2) is 8.81. The maximum Gasteiger partial charge on any atom is 0.262 e. The van der Waals surface area contributed by atoms with Crippen LogP contribution >= 0.6 is 22.9 Å². The number of ether oxygens (including phenoxy) is 1. The van der Waals surface area contributed by atoms with Gasteiger partial charge in [-0.15, -0.1) is 11.3 Å². The molecule has 0 spiro atoms. The number of carbonyl (C=O) groups excluding carboxylic acids is 1. The summed E-state index contributed by atoms with van der Waals surface area (Å²) in [7, 11) is 1.64. The van der Waals surface area contributed by atoms with Gasteiger partial charge in [-0.05, 0) is 67.1 Å². The number of hydrogen-bond acceptors (Lipinski definition) is 5. The number of nitrogens with zero attached hydrogens (tertiary/aromatic N) is 3. The van der Waals surface area contributed by atoms with E-state index in [9.17, 15) is 4.79 Å². The summed E-state index contributed by atoms with van der Waals surface area (Å²) >= 11 is 7.61. The van der Waals surface area contributed by atoms with Gasteiger partial charge < -0.3 is 4.74 Å². The summed E-state index contributed by atoms with van der Waals surface area (Å²) < 4.78 is 7.23. The molecule has 2 aromatic carbocycles. The number of methoxy groups -OCH3 is 1. The van der Waals surface area contributed by atoms with E-state index >= 15 is 0 Å². The lowest BCUT2D eigenvalue weighted by Crippen LogP contribution is -2.13. The summed E-state index contributed by atoms with van der Waals surface area (Å²) in [6, 6.07) is 16.7. The van der Waals surface area contributed by atoms with Crippen molar-refractivity contribution in [1.82, 2.24) is 14.5 Å². The molecule has 0 aliphatic heterocycles. The van der Waals surface area contributed by atoms with Crippen LogP contribution in [0.1, 0.15) is 27.3 Å². The Bertz CT molecular complexity index is 1460. The first kappa shape index (κ1) is 21.4. The van der Waals surface area contributed by atoms with Gasteiger partial charge >= 0.3 is 0 Å². The van der Waals surface area contributed by atoms with Crippen LogP contribution in [-0.4, -0.2) is 27.6 Å². The molecule has 0 amide bonds. The Morgan fingerprint density at radius 3 is 2.70 bits per heavy atom. The molecular weight excluding hydrogens is 454 g/mol. The van der Waals surface area contributed by atoms with Gasteiger partial charge in [0.1, 0.15) is 10.8 Å². The zero-order chi connectivity index (χ0) is 22.9.